The van der Waals surface area contributed by atoms with E-state index >= 15 is 0 Å². The Morgan fingerprint density at radius 2 is 2.00 bits per heavy atom. The largest absolute Gasteiger partial charge is 0.388 e. The second-order valence-corrected chi connectivity index (χ2v) is 4.61. The first-order valence-electron chi connectivity index (χ1n) is 5.85. The number of rotatable bonds is 2. The van der Waals surface area contributed by atoms with E-state index in [0.717, 1.165) is 18.4 Å². The molecule has 0 unspecified atom stereocenters. The summed E-state index contributed by atoms with van der Waals surface area (Å²) in [7, 11) is 0. The van der Waals surface area contributed by atoms with E-state index in [2.05, 4.69) is 0 Å². The molecule has 1 nitrogen and oxygen atoms in total. The van der Waals surface area contributed by atoms with Crippen molar-refractivity contribution >= 4 is 11.6 Å². The van der Waals surface area contributed by atoms with Crippen molar-refractivity contribution in [3.8, 4) is 0 Å². The van der Waals surface area contributed by atoms with Gasteiger partial charge in [-0.1, -0.05) is 53.9 Å². The third kappa shape index (κ3) is 2.47. The molecule has 1 fully saturated rings. The third-order valence-corrected chi connectivity index (χ3v) is 3.65. The molecule has 86 valence electrons. The highest BCUT2D eigenvalue weighted by Gasteiger charge is 2.26. The van der Waals surface area contributed by atoms with Crippen LogP contribution < -0.4 is 0 Å². The van der Waals surface area contributed by atoms with Gasteiger partial charge in [-0.15, -0.1) is 0 Å². The molecule has 1 aliphatic carbocycles. The van der Waals surface area contributed by atoms with E-state index in [1.807, 2.05) is 30.3 Å². The number of aliphatic hydroxyl groups is 1. The van der Waals surface area contributed by atoms with Gasteiger partial charge in [0.1, 0.15) is 0 Å². The number of hydrogen-bond donors (Lipinski definition) is 1. The molecular weight excluding hydrogens is 220 g/mol. The summed E-state index contributed by atoms with van der Waals surface area (Å²) in [5, 5.41) is 10.3. The molecule has 2 atom stereocenters. The Kier molecular flexibility index (Phi) is 4.03. The first-order chi connectivity index (χ1) is 7.83. The van der Waals surface area contributed by atoms with Gasteiger partial charge in [0.2, 0.25) is 0 Å². The average molecular weight is 237 g/mol. The van der Waals surface area contributed by atoms with Gasteiger partial charge in [0, 0.05) is 11.5 Å². The minimum Gasteiger partial charge on any atom is -0.388 e. The molecule has 0 aliphatic heterocycles. The van der Waals surface area contributed by atoms with Gasteiger partial charge in [0.05, 0.1) is 6.10 Å². The van der Waals surface area contributed by atoms with Crippen LogP contribution in [0.4, 0.5) is 0 Å². The highest BCUT2D eigenvalue weighted by Crippen LogP contribution is 2.38. The summed E-state index contributed by atoms with van der Waals surface area (Å²) >= 11 is 5.83. The van der Waals surface area contributed by atoms with Crippen LogP contribution in [-0.2, 0) is 0 Å². The summed E-state index contributed by atoms with van der Waals surface area (Å²) in [6.07, 6.45) is 4.03. The van der Waals surface area contributed by atoms with Gasteiger partial charge in [-0.05, 0) is 24.8 Å². The lowest BCUT2D eigenvalue weighted by molar-refractivity contribution is 0.112. The number of halogens is 1. The lowest BCUT2D eigenvalue weighted by Gasteiger charge is -2.29. The topological polar surface area (TPSA) is 20.2 Å². The molecule has 1 aromatic carbocycles. The molecule has 2 heteroatoms. The Labute approximate surface area is 102 Å². The van der Waals surface area contributed by atoms with E-state index in [1.54, 1.807) is 5.54 Å². The van der Waals surface area contributed by atoms with Gasteiger partial charge in [-0.2, -0.15) is 0 Å². The summed E-state index contributed by atoms with van der Waals surface area (Å²) in [5.41, 5.74) is 3.85. The van der Waals surface area contributed by atoms with Gasteiger partial charge >= 0.3 is 0 Å². The predicted octanol–water partition coefficient (Wildman–Crippen LogP) is 4.03. The highest BCUT2D eigenvalue weighted by atomic mass is 35.5. The summed E-state index contributed by atoms with van der Waals surface area (Å²) < 4.78 is 0. The highest BCUT2D eigenvalue weighted by molar-refractivity contribution is 6.25. The predicted molar refractivity (Wildman–Crippen MR) is 67.3 cm³/mol. The molecule has 0 spiro atoms. The van der Waals surface area contributed by atoms with Crippen LogP contribution in [0.5, 0.6) is 0 Å². The lowest BCUT2D eigenvalue weighted by Crippen LogP contribution is -2.18. The minimum absolute atomic E-state index is 0.202. The quantitative estimate of drug-likeness (QED) is 0.822. The molecule has 0 saturated heterocycles. The maximum Gasteiger partial charge on any atom is 0.0855 e. The van der Waals surface area contributed by atoms with Crippen molar-refractivity contribution in [3.63, 3.8) is 0 Å². The summed E-state index contributed by atoms with van der Waals surface area (Å²) in [4.78, 5) is 0. The number of benzene rings is 1. The molecule has 0 amide bonds. The van der Waals surface area contributed by atoms with Crippen LogP contribution in [0.15, 0.2) is 41.4 Å². The normalized spacial score (nSPS) is 25.6. The van der Waals surface area contributed by atoms with E-state index in [0.29, 0.717) is 0 Å². The summed E-state index contributed by atoms with van der Waals surface area (Å²) in [5.74, 6) is 0.202. The van der Waals surface area contributed by atoms with Crippen LogP contribution in [0.3, 0.4) is 0 Å². The van der Waals surface area contributed by atoms with Crippen LogP contribution in [0, 0.1) is 5.92 Å². The van der Waals surface area contributed by atoms with E-state index < -0.39 is 6.10 Å². The molecule has 1 N–H and O–H groups in total. The van der Waals surface area contributed by atoms with Crippen molar-refractivity contribution in [3.05, 3.63) is 47.0 Å². The smallest absolute Gasteiger partial charge is 0.0855 e. The molecule has 0 radical (unpaired) electrons. The van der Waals surface area contributed by atoms with Crippen molar-refractivity contribution in [1.29, 1.82) is 0 Å². The molecule has 16 heavy (non-hydrogen) atoms. The van der Waals surface area contributed by atoms with Crippen molar-refractivity contribution < 1.29 is 5.11 Å². The number of hydrogen-bond acceptors (Lipinski definition) is 1. The van der Waals surface area contributed by atoms with E-state index in [1.165, 1.54) is 18.4 Å². The van der Waals surface area contributed by atoms with Gasteiger partial charge < -0.3 is 5.11 Å². The molecular formula is C14H17ClO. The molecule has 0 heterocycles. The Balaban J connectivity index is 2.17. The number of aliphatic hydroxyl groups excluding tert-OH is 1. The van der Waals surface area contributed by atoms with E-state index in [9.17, 15) is 5.11 Å². The Bertz CT molecular complexity index is 358. The SMILES string of the molecule is O[C@H](c1ccccc1)[C@H]1CCCC/C1=C/Cl. The minimum atomic E-state index is -0.411. The Morgan fingerprint density at radius 1 is 1.25 bits per heavy atom. The van der Waals surface area contributed by atoms with Crippen LogP contribution in [-0.4, -0.2) is 5.11 Å². The lowest BCUT2D eigenvalue weighted by atomic mass is 9.79. The van der Waals surface area contributed by atoms with Gasteiger partial charge in [0.15, 0.2) is 0 Å². The maximum absolute atomic E-state index is 10.3. The first kappa shape index (κ1) is 11.7. The second-order valence-electron chi connectivity index (χ2n) is 4.39. The molecule has 0 bridgehead atoms. The van der Waals surface area contributed by atoms with Crippen molar-refractivity contribution in [2.75, 3.05) is 0 Å². The summed E-state index contributed by atoms with van der Waals surface area (Å²) in [6, 6.07) is 9.85. The molecule has 1 aromatic rings. The van der Waals surface area contributed by atoms with Gasteiger partial charge in [-0.25, -0.2) is 0 Å². The zero-order valence-corrected chi connectivity index (χ0v) is 10.0. The zero-order valence-electron chi connectivity index (χ0n) is 9.27. The third-order valence-electron chi connectivity index (χ3n) is 3.37. The van der Waals surface area contributed by atoms with Crippen molar-refractivity contribution in [2.45, 2.75) is 31.8 Å². The fourth-order valence-corrected chi connectivity index (χ4v) is 2.71. The zero-order chi connectivity index (χ0) is 11.4. The second kappa shape index (κ2) is 5.51. The summed E-state index contributed by atoms with van der Waals surface area (Å²) in [6.45, 7) is 0. The fourth-order valence-electron chi connectivity index (χ4n) is 2.44. The molecule has 1 saturated carbocycles. The first-order valence-corrected chi connectivity index (χ1v) is 6.28. The van der Waals surface area contributed by atoms with Crippen molar-refractivity contribution in [1.82, 2.24) is 0 Å². The molecule has 1 aliphatic rings. The maximum atomic E-state index is 10.3. The Hall–Kier alpha value is -0.790. The fraction of sp³-hybridized carbons (Fsp3) is 0.429. The van der Waals surface area contributed by atoms with Crippen molar-refractivity contribution in [2.24, 2.45) is 5.92 Å². The van der Waals surface area contributed by atoms with Gasteiger partial charge in [0.25, 0.3) is 0 Å². The van der Waals surface area contributed by atoms with Gasteiger partial charge in [-0.3, -0.25) is 0 Å². The molecule has 0 aromatic heterocycles. The van der Waals surface area contributed by atoms with E-state index in [4.69, 9.17) is 11.6 Å². The van der Waals surface area contributed by atoms with Crippen LogP contribution in [0.2, 0.25) is 0 Å². The van der Waals surface area contributed by atoms with Crippen LogP contribution >= 0.6 is 11.6 Å². The average Bonchev–Trinajstić information content (AvgIpc) is 2.39. The van der Waals surface area contributed by atoms with Crippen LogP contribution in [0.25, 0.3) is 0 Å². The molecule has 2 rings (SSSR count). The standard InChI is InChI=1S/C14H17ClO/c15-10-12-8-4-5-9-13(12)14(16)11-6-2-1-3-7-11/h1-3,6-7,10,13-14,16H,4-5,8-9H2/b12-10-/t13-,14+/m0/s1. The monoisotopic (exact) mass is 236 g/mol. The Morgan fingerprint density at radius 3 is 2.69 bits per heavy atom. The van der Waals surface area contributed by atoms with E-state index in [-0.39, 0.29) is 5.92 Å². The van der Waals surface area contributed by atoms with Crippen LogP contribution in [0.1, 0.15) is 37.4 Å².